The minimum atomic E-state index is 0.0254. The number of nitrogens with zero attached hydrogens (tertiary/aromatic N) is 2. The Balaban J connectivity index is 2.75. The van der Waals surface area contributed by atoms with Crippen molar-refractivity contribution in [2.75, 3.05) is 18.0 Å². The summed E-state index contributed by atoms with van der Waals surface area (Å²) in [5.41, 5.74) is 2.01. The van der Waals surface area contributed by atoms with E-state index in [2.05, 4.69) is 17.9 Å². The van der Waals surface area contributed by atoms with Gasteiger partial charge >= 0.3 is 0 Å². The lowest BCUT2D eigenvalue weighted by atomic mass is 10.1. The van der Waals surface area contributed by atoms with Crippen molar-refractivity contribution in [2.45, 2.75) is 20.5 Å². The van der Waals surface area contributed by atoms with Gasteiger partial charge < -0.3 is 10.0 Å². The van der Waals surface area contributed by atoms with Crippen LogP contribution >= 0.6 is 0 Å². The molecule has 0 aromatic heterocycles. The number of nitriles is 1. The summed E-state index contributed by atoms with van der Waals surface area (Å²) < 4.78 is 0. The van der Waals surface area contributed by atoms with Crippen LogP contribution in [0.5, 0.6) is 0 Å². The van der Waals surface area contributed by atoms with Crippen molar-refractivity contribution in [2.24, 2.45) is 5.92 Å². The molecule has 0 aliphatic rings. The third kappa shape index (κ3) is 3.25. The molecule has 1 rings (SSSR count). The third-order valence-corrected chi connectivity index (χ3v) is 2.58. The predicted octanol–water partition coefficient (Wildman–Crippen LogP) is 2.16. The van der Waals surface area contributed by atoms with Crippen molar-refractivity contribution in [1.82, 2.24) is 0 Å². The van der Waals surface area contributed by atoms with Crippen LogP contribution < -0.4 is 4.90 Å². The molecule has 0 radical (unpaired) electrons. The number of aliphatic hydroxyl groups is 1. The van der Waals surface area contributed by atoms with Gasteiger partial charge in [-0.15, -0.1) is 0 Å². The van der Waals surface area contributed by atoms with Gasteiger partial charge in [0.25, 0.3) is 0 Å². The fourth-order valence-corrected chi connectivity index (χ4v) is 1.60. The highest BCUT2D eigenvalue weighted by atomic mass is 16.3. The number of anilines is 1. The van der Waals surface area contributed by atoms with Crippen LogP contribution in [-0.4, -0.2) is 18.2 Å². The summed E-state index contributed by atoms with van der Waals surface area (Å²) in [7, 11) is 0. The van der Waals surface area contributed by atoms with Gasteiger partial charge in [-0.2, -0.15) is 5.26 Å². The van der Waals surface area contributed by atoms with Crippen molar-refractivity contribution >= 4 is 5.69 Å². The molecule has 1 N–H and O–H groups in total. The summed E-state index contributed by atoms with van der Waals surface area (Å²) in [5, 5.41) is 17.7. The van der Waals surface area contributed by atoms with Gasteiger partial charge in [0, 0.05) is 18.8 Å². The largest absolute Gasteiger partial charge is 0.392 e. The van der Waals surface area contributed by atoms with Crippen molar-refractivity contribution in [1.29, 1.82) is 5.26 Å². The molecule has 0 spiro atoms. The highest BCUT2D eigenvalue weighted by molar-refractivity contribution is 5.47. The van der Waals surface area contributed by atoms with Crippen LogP contribution in [0.15, 0.2) is 24.3 Å². The Morgan fingerprint density at radius 2 is 2.00 bits per heavy atom. The van der Waals surface area contributed by atoms with E-state index in [-0.39, 0.29) is 12.5 Å². The molecule has 0 saturated heterocycles. The zero-order valence-corrected chi connectivity index (χ0v) is 9.85. The van der Waals surface area contributed by atoms with Gasteiger partial charge in [-0.05, 0) is 31.5 Å². The molecule has 16 heavy (non-hydrogen) atoms. The number of hydrogen-bond acceptors (Lipinski definition) is 3. The van der Waals surface area contributed by atoms with E-state index in [1.807, 2.05) is 31.2 Å². The van der Waals surface area contributed by atoms with E-state index < -0.39 is 0 Å². The second-order valence-electron chi connectivity index (χ2n) is 3.89. The fraction of sp³-hybridized carbons (Fsp3) is 0.462. The molecule has 1 atom stereocenters. The Morgan fingerprint density at radius 3 is 2.44 bits per heavy atom. The molecule has 0 amide bonds. The Hall–Kier alpha value is -1.53. The van der Waals surface area contributed by atoms with Gasteiger partial charge in [-0.25, -0.2) is 0 Å². The van der Waals surface area contributed by atoms with Crippen molar-refractivity contribution in [3.05, 3.63) is 29.8 Å². The number of benzene rings is 1. The Morgan fingerprint density at radius 1 is 1.38 bits per heavy atom. The minimum absolute atomic E-state index is 0.0254. The lowest BCUT2D eigenvalue weighted by Gasteiger charge is -2.24. The summed E-state index contributed by atoms with van der Waals surface area (Å²) in [6.45, 7) is 5.69. The molecule has 3 nitrogen and oxygen atoms in total. The molecular weight excluding hydrogens is 200 g/mol. The van der Waals surface area contributed by atoms with Crippen LogP contribution in [0.3, 0.4) is 0 Å². The van der Waals surface area contributed by atoms with Crippen LogP contribution in [0.4, 0.5) is 5.69 Å². The first-order chi connectivity index (χ1) is 7.71. The molecule has 0 bridgehead atoms. The van der Waals surface area contributed by atoms with Crippen LogP contribution in [0.1, 0.15) is 19.4 Å². The van der Waals surface area contributed by atoms with Crippen molar-refractivity contribution in [3.8, 4) is 6.07 Å². The lowest BCUT2D eigenvalue weighted by Crippen LogP contribution is -2.27. The van der Waals surface area contributed by atoms with Crippen molar-refractivity contribution in [3.63, 3.8) is 0 Å². The summed E-state index contributed by atoms with van der Waals surface area (Å²) >= 11 is 0. The van der Waals surface area contributed by atoms with E-state index in [9.17, 15) is 0 Å². The maximum absolute atomic E-state index is 8.95. The smallest absolute Gasteiger partial charge is 0.0681 e. The fourth-order valence-electron chi connectivity index (χ4n) is 1.60. The maximum Gasteiger partial charge on any atom is 0.0681 e. The molecule has 3 heteroatoms. The first-order valence-corrected chi connectivity index (χ1v) is 5.55. The van der Waals surface area contributed by atoms with E-state index in [0.717, 1.165) is 24.3 Å². The molecule has 0 aliphatic carbocycles. The molecule has 0 saturated carbocycles. The van der Waals surface area contributed by atoms with E-state index in [0.29, 0.717) is 0 Å². The highest BCUT2D eigenvalue weighted by Gasteiger charge is 2.08. The molecule has 0 heterocycles. The zero-order chi connectivity index (χ0) is 12.0. The molecule has 1 unspecified atom stereocenters. The highest BCUT2D eigenvalue weighted by Crippen LogP contribution is 2.16. The second kappa shape index (κ2) is 6.14. The summed E-state index contributed by atoms with van der Waals surface area (Å²) in [5.74, 6) is 0.0254. The van der Waals surface area contributed by atoms with Gasteiger partial charge in [0.2, 0.25) is 0 Å². The molecule has 1 aromatic carbocycles. The normalized spacial score (nSPS) is 11.9. The number of rotatable bonds is 5. The first kappa shape index (κ1) is 12.5. The maximum atomic E-state index is 8.95. The van der Waals surface area contributed by atoms with E-state index in [4.69, 9.17) is 10.4 Å². The summed E-state index contributed by atoms with van der Waals surface area (Å²) in [6, 6.07) is 10.0. The zero-order valence-electron chi connectivity index (χ0n) is 9.85. The molecule has 0 fully saturated rings. The van der Waals surface area contributed by atoms with Crippen LogP contribution in [0.2, 0.25) is 0 Å². The Labute approximate surface area is 96.9 Å². The lowest BCUT2D eigenvalue weighted by molar-refractivity contribution is 0.282. The van der Waals surface area contributed by atoms with Crippen LogP contribution in [-0.2, 0) is 6.61 Å². The summed E-state index contributed by atoms with van der Waals surface area (Å²) in [4.78, 5) is 2.16. The Kier molecular flexibility index (Phi) is 4.81. The molecular formula is C13H18N2O. The van der Waals surface area contributed by atoms with Crippen LogP contribution in [0.25, 0.3) is 0 Å². The number of aliphatic hydroxyl groups excluding tert-OH is 1. The van der Waals surface area contributed by atoms with Gasteiger partial charge in [-0.3, -0.25) is 0 Å². The monoisotopic (exact) mass is 218 g/mol. The molecule has 1 aromatic rings. The predicted molar refractivity (Wildman–Crippen MR) is 65.0 cm³/mol. The second-order valence-corrected chi connectivity index (χ2v) is 3.89. The summed E-state index contributed by atoms with van der Waals surface area (Å²) in [6.07, 6.45) is 0. The van der Waals surface area contributed by atoms with Crippen LogP contribution in [0, 0.1) is 17.2 Å². The van der Waals surface area contributed by atoms with E-state index in [1.165, 1.54) is 0 Å². The standard InChI is InChI=1S/C13H18N2O/c1-3-15(9-11(2)8-14)13-6-4-12(10-16)5-7-13/h4-7,11,16H,3,9-10H2,1-2H3. The Bertz CT molecular complexity index is 353. The quantitative estimate of drug-likeness (QED) is 0.824. The average Bonchev–Trinajstić information content (AvgIpc) is 2.35. The van der Waals surface area contributed by atoms with E-state index in [1.54, 1.807) is 0 Å². The topological polar surface area (TPSA) is 47.3 Å². The number of hydrogen-bond donors (Lipinski definition) is 1. The molecule has 86 valence electrons. The van der Waals surface area contributed by atoms with E-state index >= 15 is 0 Å². The van der Waals surface area contributed by atoms with Gasteiger partial charge in [0.05, 0.1) is 18.6 Å². The average molecular weight is 218 g/mol. The van der Waals surface area contributed by atoms with Gasteiger partial charge in [0.15, 0.2) is 0 Å². The minimum Gasteiger partial charge on any atom is -0.392 e. The van der Waals surface area contributed by atoms with Gasteiger partial charge in [0.1, 0.15) is 0 Å². The van der Waals surface area contributed by atoms with Gasteiger partial charge in [-0.1, -0.05) is 12.1 Å². The molecule has 0 aliphatic heterocycles. The third-order valence-electron chi connectivity index (χ3n) is 2.58. The van der Waals surface area contributed by atoms with Crippen molar-refractivity contribution < 1.29 is 5.11 Å². The SMILES string of the molecule is CCN(CC(C)C#N)c1ccc(CO)cc1. The first-order valence-electron chi connectivity index (χ1n) is 5.55.